The number of hydrogen-bond acceptors (Lipinski definition) is 1. The van der Waals surface area contributed by atoms with E-state index >= 15 is 0 Å². The number of hydrogen-bond donors (Lipinski definition) is 1. The lowest BCUT2D eigenvalue weighted by atomic mass is 10.2. The van der Waals surface area contributed by atoms with Crippen LogP contribution < -0.4 is 0 Å². The fourth-order valence-electron chi connectivity index (χ4n) is 1.84. The van der Waals surface area contributed by atoms with Crippen LogP contribution in [0.15, 0.2) is 34.9 Å². The van der Waals surface area contributed by atoms with Crippen molar-refractivity contribution in [1.82, 2.24) is 4.57 Å². The van der Waals surface area contributed by atoms with Gasteiger partial charge in [-0.3, -0.25) is 0 Å². The van der Waals surface area contributed by atoms with E-state index in [1.807, 2.05) is 0 Å². The molecule has 1 N–H and O–H groups in total. The summed E-state index contributed by atoms with van der Waals surface area (Å²) in [5, 5.41) is 9.12. The number of aromatic carboxylic acids is 1. The maximum Gasteiger partial charge on any atom is 0.352 e. The van der Waals surface area contributed by atoms with Gasteiger partial charge in [-0.15, -0.1) is 0 Å². The van der Waals surface area contributed by atoms with Crippen molar-refractivity contribution in [3.05, 3.63) is 57.6 Å². The second-order valence-electron chi connectivity index (χ2n) is 4.03. The first-order valence-corrected chi connectivity index (χ1v) is 6.11. The molecule has 2 rings (SSSR count). The standard InChI is InChI=1S/C13H11BrFNO2/c1-8-4-5-16(12(8)13(17)18)7-9-2-3-11(15)10(14)6-9/h2-6H,7H2,1H3,(H,17,18). The van der Waals surface area contributed by atoms with E-state index in [0.29, 0.717) is 16.6 Å². The maximum atomic E-state index is 13.1. The summed E-state index contributed by atoms with van der Waals surface area (Å²) in [4.78, 5) is 11.1. The Bertz CT molecular complexity index is 607. The molecule has 94 valence electrons. The van der Waals surface area contributed by atoms with Crippen LogP contribution in [0.4, 0.5) is 4.39 Å². The van der Waals surface area contributed by atoms with Gasteiger partial charge in [0.05, 0.1) is 4.47 Å². The topological polar surface area (TPSA) is 42.2 Å². The van der Waals surface area contributed by atoms with E-state index in [9.17, 15) is 9.18 Å². The minimum atomic E-state index is -0.960. The third kappa shape index (κ3) is 2.46. The van der Waals surface area contributed by atoms with Gasteiger partial charge in [-0.25, -0.2) is 9.18 Å². The van der Waals surface area contributed by atoms with Crippen LogP contribution in [0.25, 0.3) is 0 Å². The number of rotatable bonds is 3. The molecule has 1 aromatic heterocycles. The number of carbonyl (C=O) groups is 1. The van der Waals surface area contributed by atoms with Crippen molar-refractivity contribution in [2.75, 3.05) is 0 Å². The van der Waals surface area contributed by atoms with Crippen LogP contribution in [0.5, 0.6) is 0 Å². The molecule has 0 radical (unpaired) electrons. The fraction of sp³-hybridized carbons (Fsp3) is 0.154. The van der Waals surface area contributed by atoms with Gasteiger partial charge in [0, 0.05) is 12.7 Å². The predicted octanol–water partition coefficient (Wildman–Crippen LogP) is 3.44. The minimum Gasteiger partial charge on any atom is -0.477 e. The third-order valence-electron chi connectivity index (χ3n) is 2.70. The second kappa shape index (κ2) is 4.94. The lowest BCUT2D eigenvalue weighted by Gasteiger charge is -2.08. The summed E-state index contributed by atoms with van der Waals surface area (Å²) in [5.74, 6) is -1.29. The van der Waals surface area contributed by atoms with E-state index in [0.717, 1.165) is 5.56 Å². The molecule has 2 aromatic rings. The molecule has 0 amide bonds. The molecule has 1 heterocycles. The van der Waals surface area contributed by atoms with Gasteiger partial charge in [0.15, 0.2) is 0 Å². The van der Waals surface area contributed by atoms with Crippen LogP contribution in [0.1, 0.15) is 21.6 Å². The van der Waals surface area contributed by atoms with Crippen molar-refractivity contribution in [3.8, 4) is 0 Å². The van der Waals surface area contributed by atoms with Gasteiger partial charge in [-0.2, -0.15) is 0 Å². The number of aryl methyl sites for hydroxylation is 1. The molecule has 0 saturated heterocycles. The van der Waals surface area contributed by atoms with Crippen LogP contribution in [0.3, 0.4) is 0 Å². The van der Waals surface area contributed by atoms with Gasteiger partial charge >= 0.3 is 5.97 Å². The number of aromatic nitrogens is 1. The minimum absolute atomic E-state index is 0.260. The van der Waals surface area contributed by atoms with E-state index in [1.54, 1.807) is 35.9 Å². The zero-order valence-electron chi connectivity index (χ0n) is 9.65. The molecule has 5 heteroatoms. The normalized spacial score (nSPS) is 10.6. The molecule has 3 nitrogen and oxygen atoms in total. The lowest BCUT2D eigenvalue weighted by Crippen LogP contribution is -2.10. The summed E-state index contributed by atoms with van der Waals surface area (Å²) in [6.07, 6.45) is 1.72. The zero-order chi connectivity index (χ0) is 13.3. The molecule has 18 heavy (non-hydrogen) atoms. The largest absolute Gasteiger partial charge is 0.477 e. The molecule has 0 atom stereocenters. The van der Waals surface area contributed by atoms with Crippen molar-refractivity contribution >= 4 is 21.9 Å². The van der Waals surface area contributed by atoms with E-state index in [-0.39, 0.29) is 11.5 Å². The summed E-state index contributed by atoms with van der Waals surface area (Å²) in [5.41, 5.74) is 1.81. The van der Waals surface area contributed by atoms with E-state index in [1.165, 1.54) is 6.07 Å². The molecular formula is C13H11BrFNO2. The van der Waals surface area contributed by atoms with Crippen molar-refractivity contribution in [3.63, 3.8) is 0 Å². The summed E-state index contributed by atoms with van der Waals surface area (Å²) in [6, 6.07) is 6.40. The van der Waals surface area contributed by atoms with Crippen LogP contribution in [-0.4, -0.2) is 15.6 Å². The van der Waals surface area contributed by atoms with E-state index in [2.05, 4.69) is 15.9 Å². The quantitative estimate of drug-likeness (QED) is 0.943. The lowest BCUT2D eigenvalue weighted by molar-refractivity contribution is 0.0685. The first kappa shape index (κ1) is 12.8. The summed E-state index contributed by atoms with van der Waals surface area (Å²) in [6.45, 7) is 2.15. The average Bonchev–Trinajstić information content (AvgIpc) is 2.65. The Labute approximate surface area is 112 Å². The van der Waals surface area contributed by atoms with Crippen molar-refractivity contribution in [1.29, 1.82) is 0 Å². The highest BCUT2D eigenvalue weighted by atomic mass is 79.9. The summed E-state index contributed by atoms with van der Waals surface area (Å²) >= 11 is 3.11. The van der Waals surface area contributed by atoms with Gasteiger partial charge < -0.3 is 9.67 Å². The SMILES string of the molecule is Cc1ccn(Cc2ccc(F)c(Br)c2)c1C(=O)O. The molecule has 0 saturated carbocycles. The second-order valence-corrected chi connectivity index (χ2v) is 4.88. The smallest absolute Gasteiger partial charge is 0.352 e. The fourth-order valence-corrected chi connectivity index (χ4v) is 2.27. The highest BCUT2D eigenvalue weighted by Crippen LogP contribution is 2.19. The third-order valence-corrected chi connectivity index (χ3v) is 3.31. The van der Waals surface area contributed by atoms with Crippen LogP contribution in [0, 0.1) is 12.7 Å². The highest BCUT2D eigenvalue weighted by Gasteiger charge is 2.13. The maximum absolute atomic E-state index is 13.1. The van der Waals surface area contributed by atoms with E-state index in [4.69, 9.17) is 5.11 Å². The molecule has 0 spiro atoms. The van der Waals surface area contributed by atoms with Crippen LogP contribution >= 0.6 is 15.9 Å². The first-order valence-electron chi connectivity index (χ1n) is 5.32. The van der Waals surface area contributed by atoms with Gasteiger partial charge in [-0.1, -0.05) is 6.07 Å². The number of carboxylic acids is 1. The molecule has 0 fully saturated rings. The van der Waals surface area contributed by atoms with Crippen LogP contribution in [0.2, 0.25) is 0 Å². The predicted molar refractivity (Wildman–Crippen MR) is 69.3 cm³/mol. The molecule has 0 bridgehead atoms. The Kier molecular flexibility index (Phi) is 3.52. The van der Waals surface area contributed by atoms with Crippen molar-refractivity contribution < 1.29 is 14.3 Å². The summed E-state index contributed by atoms with van der Waals surface area (Å²) < 4.78 is 15.1. The number of halogens is 2. The number of benzene rings is 1. The molecule has 1 aromatic carbocycles. The Morgan fingerprint density at radius 1 is 1.44 bits per heavy atom. The molecule has 0 aliphatic heterocycles. The monoisotopic (exact) mass is 311 g/mol. The van der Waals surface area contributed by atoms with Gasteiger partial charge in [0.1, 0.15) is 11.5 Å². The van der Waals surface area contributed by atoms with E-state index < -0.39 is 5.97 Å². The number of nitrogens with zero attached hydrogens (tertiary/aromatic N) is 1. The molecular weight excluding hydrogens is 301 g/mol. The van der Waals surface area contributed by atoms with Gasteiger partial charge in [0.2, 0.25) is 0 Å². The zero-order valence-corrected chi connectivity index (χ0v) is 11.2. The van der Waals surface area contributed by atoms with Crippen molar-refractivity contribution in [2.24, 2.45) is 0 Å². The summed E-state index contributed by atoms with van der Waals surface area (Å²) in [7, 11) is 0. The Balaban J connectivity index is 2.34. The molecule has 0 aliphatic rings. The Morgan fingerprint density at radius 2 is 2.17 bits per heavy atom. The first-order chi connectivity index (χ1) is 8.49. The Morgan fingerprint density at radius 3 is 2.78 bits per heavy atom. The van der Waals surface area contributed by atoms with Gasteiger partial charge in [0.25, 0.3) is 0 Å². The average molecular weight is 312 g/mol. The van der Waals surface area contributed by atoms with Crippen LogP contribution in [-0.2, 0) is 6.54 Å². The Hall–Kier alpha value is -1.62. The highest BCUT2D eigenvalue weighted by molar-refractivity contribution is 9.10. The van der Waals surface area contributed by atoms with Gasteiger partial charge in [-0.05, 0) is 52.2 Å². The molecule has 0 aliphatic carbocycles. The molecule has 0 unspecified atom stereocenters. The van der Waals surface area contributed by atoms with Crippen molar-refractivity contribution in [2.45, 2.75) is 13.5 Å². The number of carboxylic acid groups (broad SMARTS) is 1.